The van der Waals surface area contributed by atoms with Crippen molar-refractivity contribution >= 4 is 50.3 Å². The van der Waals surface area contributed by atoms with Crippen molar-refractivity contribution in [3.63, 3.8) is 0 Å². The predicted octanol–water partition coefficient (Wildman–Crippen LogP) is -0.322. The highest BCUT2D eigenvalue weighted by atomic mass is 32.2. The lowest BCUT2D eigenvalue weighted by Gasteiger charge is -2.27. The van der Waals surface area contributed by atoms with E-state index in [1.807, 2.05) is 0 Å². The van der Waals surface area contributed by atoms with Gasteiger partial charge >= 0.3 is 11.9 Å². The van der Waals surface area contributed by atoms with Crippen LogP contribution in [0.15, 0.2) is 48.5 Å². The molecule has 1 heterocycles. The molecule has 1 aromatic heterocycles. The van der Waals surface area contributed by atoms with Gasteiger partial charge in [0.1, 0.15) is 24.1 Å². The number of nitrogens with one attached hydrogen (secondary N) is 1. The summed E-state index contributed by atoms with van der Waals surface area (Å²) in [6, 6.07) is 9.50. The fraction of sp³-hybridized carbons (Fsp3) is 0.333. The molecule has 3 rings (SSSR count). The summed E-state index contributed by atoms with van der Waals surface area (Å²) in [5.74, 6) is -5.80. The van der Waals surface area contributed by atoms with E-state index >= 15 is 0 Å². The molecule has 0 aliphatic heterocycles. The number of carboxylic acid groups (broad SMARTS) is 2. The van der Waals surface area contributed by atoms with Crippen LogP contribution >= 0.6 is 0 Å². The van der Waals surface area contributed by atoms with Crippen LogP contribution in [0, 0.1) is 0 Å². The monoisotopic (exact) mass is 560 g/mol. The summed E-state index contributed by atoms with van der Waals surface area (Å²) in [5.41, 5.74) is 7.15. The highest BCUT2D eigenvalue weighted by molar-refractivity contribution is 7.90. The number of benzene rings is 2. The van der Waals surface area contributed by atoms with Crippen LogP contribution in [0.2, 0.25) is 0 Å². The number of fused-ring (bicyclic) bond motifs is 1. The summed E-state index contributed by atoms with van der Waals surface area (Å²) < 4.78 is 27.9. The zero-order valence-electron chi connectivity index (χ0n) is 20.9. The molecule has 0 saturated carbocycles. The van der Waals surface area contributed by atoms with E-state index in [4.69, 9.17) is 10.8 Å². The molecule has 0 bridgehead atoms. The molecular weight excluding hydrogens is 532 g/mol. The fourth-order valence-electron chi connectivity index (χ4n) is 3.82. The van der Waals surface area contributed by atoms with Gasteiger partial charge in [-0.1, -0.05) is 29.5 Å². The van der Waals surface area contributed by atoms with Crippen molar-refractivity contribution in [2.75, 3.05) is 17.2 Å². The number of carbonyl (C=O) groups is 4. The molecule has 0 spiro atoms. The van der Waals surface area contributed by atoms with Gasteiger partial charge in [0.25, 0.3) is 5.91 Å². The molecule has 0 unspecified atom stereocenters. The molecule has 208 valence electrons. The zero-order chi connectivity index (χ0) is 28.7. The third kappa shape index (κ3) is 8.05. The average Bonchev–Trinajstić information content (AvgIpc) is 3.24. The molecule has 0 saturated heterocycles. The van der Waals surface area contributed by atoms with Gasteiger partial charge in [0, 0.05) is 19.2 Å². The molecule has 0 aliphatic carbocycles. The number of aromatic nitrogens is 3. The minimum atomic E-state index is -4.06. The number of amides is 2. The molecule has 2 aromatic carbocycles. The zero-order valence-corrected chi connectivity index (χ0v) is 21.7. The topological polar surface area (TPSA) is 215 Å². The molecule has 0 radical (unpaired) electrons. The first-order valence-electron chi connectivity index (χ1n) is 11.7. The highest BCUT2D eigenvalue weighted by Crippen LogP contribution is 2.18. The number of nitrogens with two attached hydrogens (primary N) is 1. The second-order valence-electron chi connectivity index (χ2n) is 8.85. The molecule has 0 aliphatic rings. The number of aliphatic carboxylic acids is 2. The number of nitrogens with zero attached hydrogens (tertiary/aromatic N) is 4. The Balaban J connectivity index is 1.87. The molecule has 15 heteroatoms. The maximum atomic E-state index is 13.5. The van der Waals surface area contributed by atoms with Crippen molar-refractivity contribution in [1.29, 1.82) is 0 Å². The normalized spacial score (nSPS) is 13.0. The highest BCUT2D eigenvalue weighted by Gasteiger charge is 2.33. The van der Waals surface area contributed by atoms with Gasteiger partial charge in [0.2, 0.25) is 5.91 Å². The maximum Gasteiger partial charge on any atom is 0.323 e. The number of hydrogen-bond donors (Lipinski definition) is 4. The lowest BCUT2D eigenvalue weighted by molar-refractivity contribution is -0.139. The maximum absolute atomic E-state index is 13.5. The minimum Gasteiger partial charge on any atom is -0.480 e. The average molecular weight is 561 g/mol. The number of carbonyl (C=O) groups excluding carboxylic acids is 2. The Hall–Kier alpha value is -4.37. The number of sulfone groups is 1. The Labute approximate surface area is 223 Å². The summed E-state index contributed by atoms with van der Waals surface area (Å²) in [4.78, 5) is 49.5. The third-order valence-electron chi connectivity index (χ3n) is 5.74. The molecule has 3 aromatic rings. The van der Waals surface area contributed by atoms with E-state index in [2.05, 4.69) is 15.6 Å². The van der Waals surface area contributed by atoms with Crippen LogP contribution in [0.1, 0.15) is 18.4 Å². The second kappa shape index (κ2) is 12.4. The number of hydrogen-bond acceptors (Lipinski definition) is 9. The van der Waals surface area contributed by atoms with Gasteiger partial charge in [0.15, 0.2) is 9.84 Å². The van der Waals surface area contributed by atoms with E-state index in [0.29, 0.717) is 16.6 Å². The second-order valence-corrected chi connectivity index (χ2v) is 11.0. The number of anilines is 1. The Morgan fingerprint density at radius 2 is 1.79 bits per heavy atom. The third-order valence-corrected chi connectivity index (χ3v) is 7.36. The molecular formula is C24H28N6O8S. The fourth-order valence-corrected chi connectivity index (χ4v) is 5.36. The molecule has 2 amide bonds. The van der Waals surface area contributed by atoms with Crippen molar-refractivity contribution in [3.8, 4) is 0 Å². The minimum absolute atomic E-state index is 0.183. The van der Waals surface area contributed by atoms with Crippen LogP contribution in [-0.2, 0) is 41.8 Å². The Bertz CT molecular complexity index is 1470. The van der Waals surface area contributed by atoms with E-state index in [9.17, 15) is 32.7 Å². The summed E-state index contributed by atoms with van der Waals surface area (Å²) in [5, 5.41) is 28.5. The van der Waals surface area contributed by atoms with Crippen molar-refractivity contribution in [2.45, 2.75) is 30.7 Å². The summed E-state index contributed by atoms with van der Waals surface area (Å²) in [6.45, 7) is -0.789. The summed E-state index contributed by atoms with van der Waals surface area (Å²) in [6.07, 6.45) is -0.657. The van der Waals surface area contributed by atoms with E-state index in [1.165, 1.54) is 16.8 Å². The molecule has 14 nitrogen and oxygen atoms in total. The molecule has 39 heavy (non-hydrogen) atoms. The molecule has 2 atom stereocenters. The first-order valence-corrected chi connectivity index (χ1v) is 13.5. The van der Waals surface area contributed by atoms with Crippen LogP contribution < -0.4 is 16.0 Å². The van der Waals surface area contributed by atoms with Crippen LogP contribution in [0.25, 0.3) is 11.0 Å². The van der Waals surface area contributed by atoms with E-state index in [0.717, 1.165) is 4.90 Å². The number of rotatable bonds is 13. The van der Waals surface area contributed by atoms with Gasteiger partial charge in [-0.05, 0) is 36.2 Å². The van der Waals surface area contributed by atoms with Gasteiger partial charge in [-0.3, -0.25) is 24.1 Å². The Kier molecular flexibility index (Phi) is 9.32. The van der Waals surface area contributed by atoms with Gasteiger partial charge in [-0.15, -0.1) is 5.10 Å². The van der Waals surface area contributed by atoms with Crippen molar-refractivity contribution in [1.82, 2.24) is 20.3 Å². The van der Waals surface area contributed by atoms with E-state index in [-0.39, 0.29) is 12.1 Å². The first kappa shape index (κ1) is 29.2. The van der Waals surface area contributed by atoms with Crippen LogP contribution in [-0.4, -0.2) is 81.8 Å². The molecule has 0 fully saturated rings. The largest absolute Gasteiger partial charge is 0.480 e. The van der Waals surface area contributed by atoms with E-state index < -0.39 is 70.1 Å². The van der Waals surface area contributed by atoms with Gasteiger partial charge < -0.3 is 21.3 Å². The lowest BCUT2D eigenvalue weighted by atomic mass is 10.1. The number of carboxylic acids is 2. The number of aryl methyl sites for hydroxylation is 1. The van der Waals surface area contributed by atoms with Gasteiger partial charge in [-0.2, -0.15) is 0 Å². The summed E-state index contributed by atoms with van der Waals surface area (Å²) in [7, 11) is -2.37. The summed E-state index contributed by atoms with van der Waals surface area (Å²) >= 11 is 0. The Morgan fingerprint density at radius 1 is 1.10 bits per heavy atom. The van der Waals surface area contributed by atoms with Crippen molar-refractivity contribution in [3.05, 3.63) is 54.1 Å². The number of para-hydroxylation sites is 1. The first-order chi connectivity index (χ1) is 18.4. The predicted molar refractivity (Wildman–Crippen MR) is 139 cm³/mol. The van der Waals surface area contributed by atoms with Crippen molar-refractivity contribution < 1.29 is 37.8 Å². The Morgan fingerprint density at radius 3 is 2.44 bits per heavy atom. The SMILES string of the molecule is Cn1nnc2cc(CS(=O)(=O)C[C@H](NC(=O)CC[C@H](N)C(=O)O)C(=O)N(CC(=O)O)c3ccccc3)ccc21. The standard InChI is InChI=1S/C24H28N6O8S/c1-29-20-9-7-15(11-18(20)27-28-29)13-39(37,38)14-19(26-21(31)10-8-17(25)24(35)36)23(34)30(12-22(32)33)16-5-3-2-4-6-16/h2-7,9,11,17,19H,8,10,12-14,25H2,1H3,(H,26,31)(H,32,33)(H,35,36)/t17-,19-/m0/s1. The van der Waals surface area contributed by atoms with Crippen LogP contribution in [0.5, 0.6) is 0 Å². The smallest absolute Gasteiger partial charge is 0.323 e. The van der Waals surface area contributed by atoms with Gasteiger partial charge in [0.05, 0.1) is 17.0 Å². The van der Waals surface area contributed by atoms with Crippen LogP contribution in [0.4, 0.5) is 5.69 Å². The van der Waals surface area contributed by atoms with E-state index in [1.54, 1.807) is 43.4 Å². The van der Waals surface area contributed by atoms with Crippen LogP contribution in [0.3, 0.4) is 0 Å². The quantitative estimate of drug-likeness (QED) is 0.212. The molecule has 5 N–H and O–H groups in total. The van der Waals surface area contributed by atoms with Gasteiger partial charge in [-0.25, -0.2) is 13.1 Å². The van der Waals surface area contributed by atoms with Crippen molar-refractivity contribution in [2.24, 2.45) is 12.8 Å². The lowest BCUT2D eigenvalue weighted by Crippen LogP contribution is -2.53.